The lowest BCUT2D eigenvalue weighted by Gasteiger charge is -1.87. The molecule has 0 aromatic rings. The summed E-state index contributed by atoms with van der Waals surface area (Å²) in [4.78, 5) is 19.9. The first kappa shape index (κ1) is 8.88. The summed E-state index contributed by atoms with van der Waals surface area (Å²) in [6.45, 7) is 1.65. The summed E-state index contributed by atoms with van der Waals surface area (Å²) in [7, 11) is 0. The third-order valence-corrected chi connectivity index (χ3v) is 1.01. The van der Waals surface area contributed by atoms with Crippen LogP contribution in [0, 0.1) is 0 Å². The average molecular weight is 142 g/mol. The van der Waals surface area contributed by atoms with Gasteiger partial charge in [0, 0.05) is 6.42 Å². The molecule has 0 aromatic heterocycles. The number of hydrogen-bond donors (Lipinski definition) is 1. The lowest BCUT2D eigenvalue weighted by atomic mass is 10.2. The molecule has 0 fully saturated rings. The zero-order valence-corrected chi connectivity index (χ0v) is 5.83. The van der Waals surface area contributed by atoms with Gasteiger partial charge in [-0.1, -0.05) is 6.08 Å². The fourth-order valence-corrected chi connectivity index (χ4v) is 0.471. The quantitative estimate of drug-likeness (QED) is 0.470. The minimum atomic E-state index is -0.838. The smallest absolute Gasteiger partial charge is 0.303 e. The molecule has 0 saturated heterocycles. The summed E-state index contributed by atoms with van der Waals surface area (Å²) in [5.41, 5.74) is 0.584. The highest BCUT2D eigenvalue weighted by molar-refractivity contribution is 5.72. The summed E-state index contributed by atoms with van der Waals surface area (Å²) in [6.07, 6.45) is 2.84. The van der Waals surface area contributed by atoms with Crippen LogP contribution in [0.1, 0.15) is 19.8 Å². The van der Waals surface area contributed by atoms with Crippen molar-refractivity contribution in [3.05, 3.63) is 11.6 Å². The molecule has 3 nitrogen and oxygen atoms in total. The number of carbonyl (C=O) groups excluding carboxylic acids is 1. The van der Waals surface area contributed by atoms with Gasteiger partial charge >= 0.3 is 5.97 Å². The van der Waals surface area contributed by atoms with E-state index in [4.69, 9.17) is 5.11 Å². The number of hydrogen-bond acceptors (Lipinski definition) is 2. The zero-order valence-electron chi connectivity index (χ0n) is 5.83. The molecule has 0 rings (SSSR count). The SMILES string of the molecule is C/C(C=O)=C\CCC(=O)O. The molecule has 10 heavy (non-hydrogen) atoms. The Bertz CT molecular complexity index is 158. The van der Waals surface area contributed by atoms with E-state index in [2.05, 4.69) is 0 Å². The van der Waals surface area contributed by atoms with Crippen LogP contribution < -0.4 is 0 Å². The fraction of sp³-hybridized carbons (Fsp3) is 0.429. The minimum absolute atomic E-state index is 0.0885. The van der Waals surface area contributed by atoms with Crippen LogP contribution in [0.4, 0.5) is 0 Å². The van der Waals surface area contributed by atoms with Gasteiger partial charge in [0.2, 0.25) is 0 Å². The van der Waals surface area contributed by atoms with E-state index < -0.39 is 5.97 Å². The van der Waals surface area contributed by atoms with Gasteiger partial charge in [-0.25, -0.2) is 0 Å². The van der Waals surface area contributed by atoms with E-state index in [-0.39, 0.29) is 6.42 Å². The van der Waals surface area contributed by atoms with E-state index in [1.165, 1.54) is 0 Å². The second kappa shape index (κ2) is 4.73. The number of aliphatic carboxylic acids is 1. The molecule has 0 heterocycles. The maximum atomic E-state index is 9.96. The van der Waals surface area contributed by atoms with Crippen LogP contribution in [0.5, 0.6) is 0 Å². The lowest BCUT2D eigenvalue weighted by Crippen LogP contribution is -1.92. The maximum Gasteiger partial charge on any atom is 0.303 e. The van der Waals surface area contributed by atoms with E-state index in [9.17, 15) is 9.59 Å². The van der Waals surface area contributed by atoms with Gasteiger partial charge in [-0.05, 0) is 18.9 Å². The molecule has 0 aromatic carbocycles. The predicted octanol–water partition coefficient (Wildman–Crippen LogP) is 0.996. The van der Waals surface area contributed by atoms with Gasteiger partial charge in [0.15, 0.2) is 0 Å². The van der Waals surface area contributed by atoms with Crippen LogP contribution in [-0.2, 0) is 9.59 Å². The molecule has 0 amide bonds. The number of rotatable bonds is 4. The van der Waals surface area contributed by atoms with E-state index in [0.29, 0.717) is 18.3 Å². The fourth-order valence-electron chi connectivity index (χ4n) is 0.471. The number of carboxylic acids is 1. The van der Waals surface area contributed by atoms with E-state index >= 15 is 0 Å². The summed E-state index contributed by atoms with van der Waals surface area (Å²) < 4.78 is 0. The molecule has 3 heteroatoms. The highest BCUT2D eigenvalue weighted by atomic mass is 16.4. The molecule has 1 N–H and O–H groups in total. The van der Waals surface area contributed by atoms with Crippen LogP contribution >= 0.6 is 0 Å². The maximum absolute atomic E-state index is 9.96. The van der Waals surface area contributed by atoms with Gasteiger partial charge < -0.3 is 5.11 Å². The molecule has 0 saturated carbocycles. The topological polar surface area (TPSA) is 54.4 Å². The number of carbonyl (C=O) groups is 2. The van der Waals surface area contributed by atoms with Gasteiger partial charge in [0.25, 0.3) is 0 Å². The summed E-state index contributed by atoms with van der Waals surface area (Å²) in [5.74, 6) is -0.838. The van der Waals surface area contributed by atoms with E-state index in [1.807, 2.05) is 0 Å². The Morgan fingerprint density at radius 2 is 2.20 bits per heavy atom. The van der Waals surface area contributed by atoms with Crippen molar-refractivity contribution >= 4 is 12.3 Å². The largest absolute Gasteiger partial charge is 0.481 e. The molecule has 0 bridgehead atoms. The van der Waals surface area contributed by atoms with Crippen molar-refractivity contribution in [2.24, 2.45) is 0 Å². The molecule has 0 atom stereocenters. The Balaban J connectivity index is 3.52. The first-order valence-corrected chi connectivity index (χ1v) is 3.00. The zero-order chi connectivity index (χ0) is 7.98. The molecule has 0 aliphatic rings. The first-order valence-electron chi connectivity index (χ1n) is 3.00. The second-order valence-corrected chi connectivity index (χ2v) is 2.00. The van der Waals surface area contributed by atoms with Gasteiger partial charge in [0.05, 0.1) is 0 Å². The molecule has 0 aliphatic heterocycles. The van der Waals surface area contributed by atoms with Crippen LogP contribution in [0.15, 0.2) is 11.6 Å². The molecular weight excluding hydrogens is 132 g/mol. The average Bonchev–Trinajstić information content (AvgIpc) is 1.87. The molecule has 56 valence electrons. The highest BCUT2D eigenvalue weighted by Crippen LogP contribution is 1.94. The Labute approximate surface area is 59.4 Å². The van der Waals surface area contributed by atoms with E-state index in [1.54, 1.807) is 13.0 Å². The van der Waals surface area contributed by atoms with Crippen molar-refractivity contribution < 1.29 is 14.7 Å². The Morgan fingerprint density at radius 3 is 2.60 bits per heavy atom. The van der Waals surface area contributed by atoms with Crippen molar-refractivity contribution in [1.82, 2.24) is 0 Å². The predicted molar refractivity (Wildman–Crippen MR) is 36.7 cm³/mol. The molecule has 0 unspecified atom stereocenters. The Hall–Kier alpha value is -1.12. The van der Waals surface area contributed by atoms with Gasteiger partial charge in [-0.3, -0.25) is 9.59 Å². The Kier molecular flexibility index (Phi) is 4.20. The number of allylic oxidation sites excluding steroid dienone is 2. The summed E-state index contributed by atoms with van der Waals surface area (Å²) >= 11 is 0. The number of aldehydes is 1. The van der Waals surface area contributed by atoms with Gasteiger partial charge in [-0.2, -0.15) is 0 Å². The van der Waals surface area contributed by atoms with Crippen LogP contribution in [0.25, 0.3) is 0 Å². The minimum Gasteiger partial charge on any atom is -0.481 e. The second-order valence-electron chi connectivity index (χ2n) is 2.00. The van der Waals surface area contributed by atoms with Crippen molar-refractivity contribution in [2.75, 3.05) is 0 Å². The number of carboxylic acid groups (broad SMARTS) is 1. The molecule has 0 radical (unpaired) electrons. The van der Waals surface area contributed by atoms with E-state index in [0.717, 1.165) is 0 Å². The monoisotopic (exact) mass is 142 g/mol. The first-order chi connectivity index (χ1) is 4.66. The lowest BCUT2D eigenvalue weighted by molar-refractivity contribution is -0.136. The molecular formula is C7H10O3. The molecule has 0 aliphatic carbocycles. The van der Waals surface area contributed by atoms with Gasteiger partial charge in [-0.15, -0.1) is 0 Å². The normalized spacial score (nSPS) is 11.1. The van der Waals surface area contributed by atoms with Crippen LogP contribution in [0.3, 0.4) is 0 Å². The molecule has 0 spiro atoms. The Morgan fingerprint density at radius 1 is 1.60 bits per heavy atom. The highest BCUT2D eigenvalue weighted by Gasteiger charge is 1.92. The standard InChI is InChI=1S/C7H10O3/c1-6(5-8)3-2-4-7(9)10/h3,5H,2,4H2,1H3,(H,9,10)/b6-3+. The van der Waals surface area contributed by atoms with Crippen molar-refractivity contribution in [3.8, 4) is 0 Å². The third kappa shape index (κ3) is 5.03. The third-order valence-electron chi connectivity index (χ3n) is 1.01. The summed E-state index contributed by atoms with van der Waals surface area (Å²) in [6, 6.07) is 0. The summed E-state index contributed by atoms with van der Waals surface area (Å²) in [5, 5.41) is 8.18. The van der Waals surface area contributed by atoms with Crippen molar-refractivity contribution in [1.29, 1.82) is 0 Å². The van der Waals surface area contributed by atoms with Gasteiger partial charge in [0.1, 0.15) is 6.29 Å². The van der Waals surface area contributed by atoms with Crippen LogP contribution in [0.2, 0.25) is 0 Å². The van der Waals surface area contributed by atoms with Crippen molar-refractivity contribution in [3.63, 3.8) is 0 Å². The van der Waals surface area contributed by atoms with Crippen LogP contribution in [-0.4, -0.2) is 17.4 Å². The van der Waals surface area contributed by atoms with Crippen molar-refractivity contribution in [2.45, 2.75) is 19.8 Å².